The zero-order chi connectivity index (χ0) is 15.5. The van der Waals surface area contributed by atoms with Gasteiger partial charge in [0.15, 0.2) is 8.37 Å². The van der Waals surface area contributed by atoms with Crippen LogP contribution >= 0.6 is 8.37 Å². The lowest BCUT2D eigenvalue weighted by molar-refractivity contribution is 0.592. The van der Waals surface area contributed by atoms with E-state index in [1.165, 1.54) is 17.8 Å². The van der Waals surface area contributed by atoms with Crippen LogP contribution in [-0.2, 0) is 0 Å². The molecule has 1 heterocycles. The van der Waals surface area contributed by atoms with E-state index < -0.39 is 8.37 Å². The van der Waals surface area contributed by atoms with Crippen molar-refractivity contribution in [2.24, 2.45) is 0 Å². The SMILES string of the molecule is CC1CCN(c2ccccc2)P(N(C)C)N1c1ccccc1. The molecule has 4 heteroatoms. The van der Waals surface area contributed by atoms with Crippen molar-refractivity contribution in [3.05, 3.63) is 60.7 Å². The second kappa shape index (κ2) is 6.68. The van der Waals surface area contributed by atoms with E-state index in [9.17, 15) is 0 Å². The van der Waals surface area contributed by atoms with Crippen LogP contribution in [0.2, 0.25) is 0 Å². The van der Waals surface area contributed by atoms with Crippen LogP contribution in [0.5, 0.6) is 0 Å². The fourth-order valence-electron chi connectivity index (χ4n) is 2.99. The van der Waals surface area contributed by atoms with Crippen molar-refractivity contribution < 1.29 is 0 Å². The molecule has 0 bridgehead atoms. The Morgan fingerprint density at radius 3 is 2.00 bits per heavy atom. The van der Waals surface area contributed by atoms with Gasteiger partial charge in [0, 0.05) is 24.0 Å². The van der Waals surface area contributed by atoms with Crippen molar-refractivity contribution in [1.29, 1.82) is 0 Å². The van der Waals surface area contributed by atoms with Crippen LogP contribution in [0, 0.1) is 0 Å². The topological polar surface area (TPSA) is 9.72 Å². The van der Waals surface area contributed by atoms with Gasteiger partial charge in [-0.25, -0.2) is 0 Å². The fraction of sp³-hybridized carbons (Fsp3) is 0.333. The van der Waals surface area contributed by atoms with E-state index in [1.54, 1.807) is 0 Å². The largest absolute Gasteiger partial charge is 0.321 e. The lowest BCUT2D eigenvalue weighted by Gasteiger charge is -2.50. The van der Waals surface area contributed by atoms with Crippen molar-refractivity contribution in [2.75, 3.05) is 30.0 Å². The van der Waals surface area contributed by atoms with Crippen LogP contribution in [0.4, 0.5) is 11.4 Å². The van der Waals surface area contributed by atoms with Gasteiger partial charge in [0.2, 0.25) is 0 Å². The summed E-state index contributed by atoms with van der Waals surface area (Å²) >= 11 is 0. The summed E-state index contributed by atoms with van der Waals surface area (Å²) in [5.41, 5.74) is 2.63. The monoisotopic (exact) mass is 313 g/mol. The van der Waals surface area contributed by atoms with Crippen LogP contribution in [0.15, 0.2) is 60.7 Å². The first-order chi connectivity index (χ1) is 10.7. The minimum atomic E-state index is -0.550. The maximum atomic E-state index is 2.59. The van der Waals surface area contributed by atoms with E-state index in [4.69, 9.17) is 0 Å². The molecule has 0 saturated carbocycles. The van der Waals surface area contributed by atoms with Gasteiger partial charge in [-0.15, -0.1) is 0 Å². The number of benzene rings is 2. The van der Waals surface area contributed by atoms with Crippen molar-refractivity contribution in [3.63, 3.8) is 0 Å². The molecule has 1 aliphatic rings. The van der Waals surface area contributed by atoms with Crippen LogP contribution in [0.3, 0.4) is 0 Å². The molecule has 1 aliphatic heterocycles. The third kappa shape index (κ3) is 2.97. The molecule has 2 unspecified atom stereocenters. The van der Waals surface area contributed by atoms with E-state index in [0.29, 0.717) is 6.04 Å². The lowest BCUT2D eigenvalue weighted by atomic mass is 10.2. The molecule has 0 N–H and O–H groups in total. The molecule has 0 spiro atoms. The van der Waals surface area contributed by atoms with Crippen molar-refractivity contribution in [1.82, 2.24) is 4.67 Å². The minimum absolute atomic E-state index is 0.550. The quantitative estimate of drug-likeness (QED) is 0.768. The number of hydrogen-bond acceptors (Lipinski definition) is 3. The second-order valence-corrected chi connectivity index (χ2v) is 8.14. The molecule has 3 rings (SSSR count). The Bertz CT molecular complexity index is 588. The van der Waals surface area contributed by atoms with Crippen LogP contribution in [-0.4, -0.2) is 31.4 Å². The first-order valence-corrected chi connectivity index (χ1v) is 9.02. The predicted octanol–water partition coefficient (Wildman–Crippen LogP) is 4.58. The molecule has 2 aromatic carbocycles. The number of para-hydroxylation sites is 2. The van der Waals surface area contributed by atoms with Gasteiger partial charge in [-0.05, 0) is 51.7 Å². The molecule has 0 radical (unpaired) electrons. The molecule has 22 heavy (non-hydrogen) atoms. The summed E-state index contributed by atoms with van der Waals surface area (Å²) in [5, 5.41) is 0. The summed E-state index contributed by atoms with van der Waals surface area (Å²) in [5.74, 6) is 0. The Balaban J connectivity index is 2.00. The van der Waals surface area contributed by atoms with Gasteiger partial charge < -0.3 is 9.34 Å². The molecule has 1 saturated heterocycles. The zero-order valence-corrected chi connectivity index (χ0v) is 14.4. The van der Waals surface area contributed by atoms with E-state index in [0.717, 1.165) is 6.54 Å². The van der Waals surface area contributed by atoms with Gasteiger partial charge in [0.25, 0.3) is 0 Å². The molecule has 1 fully saturated rings. The highest BCUT2D eigenvalue weighted by molar-refractivity contribution is 7.58. The van der Waals surface area contributed by atoms with Crippen LogP contribution < -0.4 is 9.34 Å². The molecular weight excluding hydrogens is 289 g/mol. The molecule has 2 atom stereocenters. The molecule has 116 valence electrons. The van der Waals surface area contributed by atoms with E-state index in [2.05, 4.69) is 95.7 Å². The lowest BCUT2D eigenvalue weighted by Crippen LogP contribution is -2.46. The summed E-state index contributed by atoms with van der Waals surface area (Å²) < 4.78 is 7.51. The summed E-state index contributed by atoms with van der Waals surface area (Å²) in [6, 6.07) is 22.1. The molecular formula is C18H24N3P. The van der Waals surface area contributed by atoms with Gasteiger partial charge in [-0.2, -0.15) is 0 Å². The van der Waals surface area contributed by atoms with Crippen molar-refractivity contribution in [3.8, 4) is 0 Å². The highest BCUT2D eigenvalue weighted by Crippen LogP contribution is 2.54. The van der Waals surface area contributed by atoms with Crippen LogP contribution in [0.25, 0.3) is 0 Å². The number of hydrogen-bond donors (Lipinski definition) is 0. The van der Waals surface area contributed by atoms with Crippen molar-refractivity contribution in [2.45, 2.75) is 19.4 Å². The highest BCUT2D eigenvalue weighted by atomic mass is 31.2. The molecule has 0 aromatic heterocycles. The molecule has 0 amide bonds. The predicted molar refractivity (Wildman–Crippen MR) is 97.4 cm³/mol. The number of rotatable bonds is 3. The Hall–Kier alpha value is -1.57. The first-order valence-electron chi connectivity index (χ1n) is 7.82. The smallest absolute Gasteiger partial charge is 0.178 e. The zero-order valence-electron chi connectivity index (χ0n) is 13.6. The Morgan fingerprint density at radius 2 is 1.45 bits per heavy atom. The fourth-order valence-corrected chi connectivity index (χ4v) is 5.49. The molecule has 0 aliphatic carbocycles. The van der Waals surface area contributed by atoms with Crippen LogP contribution in [0.1, 0.15) is 13.3 Å². The third-order valence-corrected chi connectivity index (χ3v) is 6.61. The van der Waals surface area contributed by atoms with E-state index >= 15 is 0 Å². The van der Waals surface area contributed by atoms with Gasteiger partial charge >= 0.3 is 0 Å². The maximum Gasteiger partial charge on any atom is 0.178 e. The average Bonchev–Trinajstić information content (AvgIpc) is 2.56. The Kier molecular flexibility index (Phi) is 4.66. The minimum Gasteiger partial charge on any atom is -0.321 e. The average molecular weight is 313 g/mol. The molecule has 3 nitrogen and oxygen atoms in total. The summed E-state index contributed by atoms with van der Waals surface area (Å²) in [7, 11) is 3.83. The van der Waals surface area contributed by atoms with Gasteiger partial charge in [-0.3, -0.25) is 4.67 Å². The van der Waals surface area contributed by atoms with Gasteiger partial charge in [0.1, 0.15) is 0 Å². The number of nitrogens with zero attached hydrogens (tertiary/aromatic N) is 3. The third-order valence-electron chi connectivity index (χ3n) is 4.02. The molecule has 2 aromatic rings. The summed E-state index contributed by atoms with van der Waals surface area (Å²) in [6.07, 6.45) is 1.18. The Labute approximate surface area is 135 Å². The van der Waals surface area contributed by atoms with Crippen molar-refractivity contribution >= 4 is 19.7 Å². The summed E-state index contributed by atoms with van der Waals surface area (Å²) in [4.78, 5) is 0. The normalized spacial score (nSPS) is 22.2. The van der Waals surface area contributed by atoms with Gasteiger partial charge in [0.05, 0.1) is 0 Å². The first kappa shape index (κ1) is 15.3. The maximum absolute atomic E-state index is 2.59. The highest BCUT2D eigenvalue weighted by Gasteiger charge is 2.36. The second-order valence-electron chi connectivity index (χ2n) is 5.89. The number of anilines is 2. The standard InChI is InChI=1S/C18H24N3P/c1-16-14-15-20(17-10-6-4-7-11-17)22(19(2)3)21(16)18-12-8-5-9-13-18/h4-13,16H,14-15H2,1-3H3. The summed E-state index contributed by atoms with van der Waals surface area (Å²) in [6.45, 7) is 3.45. The van der Waals surface area contributed by atoms with E-state index in [-0.39, 0.29) is 0 Å². The Morgan fingerprint density at radius 1 is 0.909 bits per heavy atom. The van der Waals surface area contributed by atoms with E-state index in [1.807, 2.05) is 0 Å². The van der Waals surface area contributed by atoms with Gasteiger partial charge in [-0.1, -0.05) is 36.4 Å².